The van der Waals surface area contributed by atoms with Gasteiger partial charge in [0, 0.05) is 10.7 Å². The van der Waals surface area contributed by atoms with Crippen LogP contribution in [0.3, 0.4) is 0 Å². The van der Waals surface area contributed by atoms with Crippen LogP contribution >= 0.6 is 11.6 Å². The fourth-order valence-electron chi connectivity index (χ4n) is 1.09. The van der Waals surface area contributed by atoms with Gasteiger partial charge >= 0.3 is 0 Å². The van der Waals surface area contributed by atoms with Crippen molar-refractivity contribution in [1.29, 1.82) is 0 Å². The highest BCUT2D eigenvalue weighted by atomic mass is 35.5. The molecule has 1 aromatic carbocycles. The zero-order chi connectivity index (χ0) is 12.9. The fourth-order valence-corrected chi connectivity index (χ4v) is 1.22. The molecule has 0 aromatic heterocycles. The van der Waals surface area contributed by atoms with Crippen molar-refractivity contribution in [3.63, 3.8) is 0 Å². The van der Waals surface area contributed by atoms with Gasteiger partial charge in [0.25, 0.3) is 0 Å². The summed E-state index contributed by atoms with van der Waals surface area (Å²) in [6.45, 7) is 3.84. The van der Waals surface area contributed by atoms with Gasteiger partial charge in [-0.25, -0.2) is 0 Å². The van der Waals surface area contributed by atoms with Crippen molar-refractivity contribution in [1.82, 2.24) is 5.32 Å². The molecule has 0 bridgehead atoms. The molecule has 0 saturated carbocycles. The molecule has 0 aliphatic rings. The first-order chi connectivity index (χ1) is 7.93. The normalized spacial score (nSPS) is 10.7. The third-order valence-corrected chi connectivity index (χ3v) is 2.43. The molecular formula is C13H15ClN2O. The minimum Gasteiger partial charge on any atom is -0.325 e. The highest BCUT2D eigenvalue weighted by Gasteiger charge is 2.14. The number of hydrogen-bond donors (Lipinski definition) is 2. The van der Waals surface area contributed by atoms with Crippen LogP contribution in [-0.2, 0) is 4.79 Å². The Bertz CT molecular complexity index is 432. The zero-order valence-corrected chi connectivity index (χ0v) is 10.6. The van der Waals surface area contributed by atoms with Gasteiger partial charge in [0.05, 0.1) is 12.1 Å². The molecule has 0 saturated heterocycles. The van der Waals surface area contributed by atoms with E-state index in [4.69, 9.17) is 18.0 Å². The van der Waals surface area contributed by atoms with E-state index in [0.29, 0.717) is 10.7 Å². The van der Waals surface area contributed by atoms with Gasteiger partial charge in [-0.15, -0.1) is 6.42 Å². The number of nitrogens with one attached hydrogen (secondary N) is 2. The van der Waals surface area contributed by atoms with E-state index in [9.17, 15) is 4.79 Å². The number of hydrogen-bond acceptors (Lipinski definition) is 2. The topological polar surface area (TPSA) is 41.1 Å². The molecule has 0 fully saturated rings. The van der Waals surface area contributed by atoms with Crippen molar-refractivity contribution in [2.24, 2.45) is 0 Å². The number of halogens is 1. The molecule has 0 spiro atoms. The molecule has 0 unspecified atom stereocenters. The van der Waals surface area contributed by atoms with Gasteiger partial charge in [-0.2, -0.15) is 0 Å². The van der Waals surface area contributed by atoms with Crippen LogP contribution in [-0.4, -0.2) is 18.0 Å². The predicted octanol–water partition coefficient (Wildman–Crippen LogP) is 2.28. The van der Waals surface area contributed by atoms with E-state index in [1.54, 1.807) is 24.3 Å². The Kier molecular flexibility index (Phi) is 4.56. The van der Waals surface area contributed by atoms with Crippen molar-refractivity contribution in [2.45, 2.75) is 19.4 Å². The summed E-state index contributed by atoms with van der Waals surface area (Å²) in [6, 6.07) is 6.92. The van der Waals surface area contributed by atoms with E-state index < -0.39 is 5.54 Å². The molecule has 0 radical (unpaired) electrons. The molecule has 3 nitrogen and oxygen atoms in total. The van der Waals surface area contributed by atoms with Crippen LogP contribution < -0.4 is 10.6 Å². The Morgan fingerprint density at radius 3 is 2.53 bits per heavy atom. The number of rotatable bonds is 4. The van der Waals surface area contributed by atoms with Crippen molar-refractivity contribution in [2.75, 3.05) is 11.9 Å². The maximum Gasteiger partial charge on any atom is 0.238 e. The molecule has 90 valence electrons. The number of carbonyl (C=O) groups is 1. The lowest BCUT2D eigenvalue weighted by atomic mass is 10.1. The van der Waals surface area contributed by atoms with Gasteiger partial charge in [0.2, 0.25) is 5.91 Å². The minimum absolute atomic E-state index is 0.143. The van der Waals surface area contributed by atoms with Crippen LogP contribution in [0.1, 0.15) is 13.8 Å². The lowest BCUT2D eigenvalue weighted by Crippen LogP contribution is -2.42. The molecule has 1 amide bonds. The lowest BCUT2D eigenvalue weighted by Gasteiger charge is -2.19. The summed E-state index contributed by atoms with van der Waals surface area (Å²) in [6.07, 6.45) is 5.30. The summed E-state index contributed by atoms with van der Waals surface area (Å²) < 4.78 is 0. The highest BCUT2D eigenvalue weighted by Crippen LogP contribution is 2.13. The van der Waals surface area contributed by atoms with Crippen LogP contribution in [0.5, 0.6) is 0 Å². The Hall–Kier alpha value is -1.50. The Morgan fingerprint density at radius 1 is 1.41 bits per heavy atom. The highest BCUT2D eigenvalue weighted by molar-refractivity contribution is 6.30. The third kappa shape index (κ3) is 4.90. The van der Waals surface area contributed by atoms with Crippen LogP contribution in [0.25, 0.3) is 0 Å². The molecular weight excluding hydrogens is 236 g/mol. The first kappa shape index (κ1) is 13.6. The second kappa shape index (κ2) is 5.72. The van der Waals surface area contributed by atoms with Crippen LogP contribution in [0.15, 0.2) is 24.3 Å². The molecule has 1 rings (SSSR count). The average Bonchev–Trinajstić information content (AvgIpc) is 2.30. The maximum absolute atomic E-state index is 11.6. The quantitative estimate of drug-likeness (QED) is 0.805. The number of anilines is 1. The smallest absolute Gasteiger partial charge is 0.238 e. The van der Waals surface area contributed by atoms with Gasteiger partial charge in [-0.1, -0.05) is 17.5 Å². The van der Waals surface area contributed by atoms with E-state index in [1.165, 1.54) is 0 Å². The summed E-state index contributed by atoms with van der Waals surface area (Å²) in [5.74, 6) is 2.42. The molecule has 2 N–H and O–H groups in total. The van der Waals surface area contributed by atoms with Gasteiger partial charge in [0.1, 0.15) is 0 Å². The average molecular weight is 251 g/mol. The zero-order valence-electron chi connectivity index (χ0n) is 9.88. The summed E-state index contributed by atoms with van der Waals surface area (Å²) in [5, 5.41) is 6.34. The maximum atomic E-state index is 11.6. The first-order valence-corrected chi connectivity index (χ1v) is 5.59. The van der Waals surface area contributed by atoms with Crippen molar-refractivity contribution >= 4 is 23.2 Å². The minimum atomic E-state index is -0.489. The van der Waals surface area contributed by atoms with Crippen LogP contribution in [0.2, 0.25) is 5.02 Å². The summed E-state index contributed by atoms with van der Waals surface area (Å²) in [7, 11) is 0. The standard InChI is InChI=1S/C13H15ClN2O/c1-4-13(2,3)15-9-12(17)16-11-7-5-10(14)6-8-11/h1,5-8,15H,9H2,2-3H3,(H,16,17). The molecule has 4 heteroatoms. The van der Waals surface area contributed by atoms with Crippen LogP contribution in [0.4, 0.5) is 5.69 Å². The fraction of sp³-hybridized carbons (Fsp3) is 0.308. The second-order valence-electron chi connectivity index (χ2n) is 4.18. The molecule has 1 aromatic rings. The van der Waals surface area contributed by atoms with E-state index in [1.807, 2.05) is 13.8 Å². The largest absolute Gasteiger partial charge is 0.325 e. The second-order valence-corrected chi connectivity index (χ2v) is 4.61. The van der Waals surface area contributed by atoms with E-state index in [2.05, 4.69) is 16.6 Å². The number of amides is 1. The van der Waals surface area contributed by atoms with E-state index >= 15 is 0 Å². The summed E-state index contributed by atoms with van der Waals surface area (Å²) in [4.78, 5) is 11.6. The number of benzene rings is 1. The molecule has 0 aliphatic carbocycles. The molecule has 0 aliphatic heterocycles. The third-order valence-electron chi connectivity index (χ3n) is 2.18. The monoisotopic (exact) mass is 250 g/mol. The van der Waals surface area contributed by atoms with Gasteiger partial charge < -0.3 is 5.32 Å². The SMILES string of the molecule is C#CC(C)(C)NCC(=O)Nc1ccc(Cl)cc1. The Balaban J connectivity index is 2.46. The lowest BCUT2D eigenvalue weighted by molar-refractivity contribution is -0.115. The van der Waals surface area contributed by atoms with Gasteiger partial charge in [-0.3, -0.25) is 10.1 Å². The number of carbonyl (C=O) groups excluding carboxylic acids is 1. The first-order valence-electron chi connectivity index (χ1n) is 5.21. The Labute approximate surface area is 107 Å². The van der Waals surface area contributed by atoms with Gasteiger partial charge in [-0.05, 0) is 38.1 Å². The van der Waals surface area contributed by atoms with Crippen molar-refractivity contribution in [3.8, 4) is 12.3 Å². The van der Waals surface area contributed by atoms with Gasteiger partial charge in [0.15, 0.2) is 0 Å². The van der Waals surface area contributed by atoms with Crippen molar-refractivity contribution < 1.29 is 4.79 Å². The Morgan fingerprint density at radius 2 is 2.00 bits per heavy atom. The summed E-state index contributed by atoms with van der Waals surface area (Å²) in [5.41, 5.74) is 0.219. The molecule has 0 atom stereocenters. The van der Waals surface area contributed by atoms with E-state index in [0.717, 1.165) is 0 Å². The van der Waals surface area contributed by atoms with Crippen LogP contribution in [0, 0.1) is 12.3 Å². The molecule has 17 heavy (non-hydrogen) atoms. The van der Waals surface area contributed by atoms with Crippen molar-refractivity contribution in [3.05, 3.63) is 29.3 Å². The predicted molar refractivity (Wildman–Crippen MR) is 71.0 cm³/mol. The summed E-state index contributed by atoms with van der Waals surface area (Å²) >= 11 is 5.74. The van der Waals surface area contributed by atoms with E-state index in [-0.39, 0.29) is 12.5 Å². The molecule has 0 heterocycles. The number of terminal acetylenes is 1.